The maximum absolute atomic E-state index is 12.9. The number of amides is 2. The van der Waals surface area contributed by atoms with E-state index in [1.54, 1.807) is 7.11 Å². The third-order valence-electron chi connectivity index (χ3n) is 5.90. The lowest BCUT2D eigenvalue weighted by Crippen LogP contribution is -2.42. The van der Waals surface area contributed by atoms with E-state index >= 15 is 0 Å². The molecule has 0 unspecified atom stereocenters. The van der Waals surface area contributed by atoms with Crippen LogP contribution in [0, 0.1) is 0 Å². The number of carbonyl (C=O) groups excluding carboxylic acids is 2. The van der Waals surface area contributed by atoms with E-state index in [2.05, 4.69) is 29.7 Å². The second-order valence-electron chi connectivity index (χ2n) is 8.74. The summed E-state index contributed by atoms with van der Waals surface area (Å²) >= 11 is 5.94. The number of halogens is 1. The van der Waals surface area contributed by atoms with Crippen molar-refractivity contribution in [3.63, 3.8) is 0 Å². The summed E-state index contributed by atoms with van der Waals surface area (Å²) in [6, 6.07) is 5.83. The van der Waals surface area contributed by atoms with Crippen molar-refractivity contribution in [2.45, 2.75) is 39.4 Å². The van der Waals surface area contributed by atoms with E-state index in [4.69, 9.17) is 27.8 Å². The second kappa shape index (κ2) is 12.5. The van der Waals surface area contributed by atoms with E-state index in [1.165, 1.54) is 0 Å². The molecule has 0 atom stereocenters. The summed E-state index contributed by atoms with van der Waals surface area (Å²) in [4.78, 5) is 35.1. The van der Waals surface area contributed by atoms with Gasteiger partial charge in [0.15, 0.2) is 33.5 Å². The highest BCUT2D eigenvalue weighted by Crippen LogP contribution is 2.22. The summed E-state index contributed by atoms with van der Waals surface area (Å²) in [6.45, 7) is 4.83. The molecule has 3 rings (SSSR count). The van der Waals surface area contributed by atoms with Gasteiger partial charge in [0.25, 0.3) is 11.7 Å². The summed E-state index contributed by atoms with van der Waals surface area (Å²) in [6.07, 6.45) is 1.01. The third kappa shape index (κ3) is 6.77. The van der Waals surface area contributed by atoms with Crippen LogP contribution in [0.15, 0.2) is 18.2 Å². The van der Waals surface area contributed by atoms with Crippen molar-refractivity contribution < 1.29 is 18.9 Å². The van der Waals surface area contributed by atoms with Gasteiger partial charge in [0, 0.05) is 25.6 Å². The summed E-state index contributed by atoms with van der Waals surface area (Å²) in [5, 5.41) is 5.72. The number of hydrogen-bond donors (Lipinski definition) is 4. The number of benzene rings is 1. The Balaban J connectivity index is 1.84. The molecule has 6 N–H and O–H groups in total. The number of rotatable bonds is 12. The monoisotopic (exact) mass is 532 g/mol. The Bertz CT molecular complexity index is 1280. The van der Waals surface area contributed by atoms with Crippen LogP contribution >= 0.6 is 11.6 Å². The summed E-state index contributed by atoms with van der Waals surface area (Å²) in [7, 11) is 5.54. The number of imidazole rings is 1. The largest absolute Gasteiger partial charge is 0.497 e. The topological polar surface area (TPSA) is 157 Å². The van der Waals surface area contributed by atoms with Gasteiger partial charge in [0.1, 0.15) is 12.3 Å². The molecule has 0 aliphatic carbocycles. The number of methoxy groups -OCH3 is 1. The Labute approximate surface area is 220 Å². The molecule has 0 saturated heterocycles. The van der Waals surface area contributed by atoms with Crippen LogP contribution in [0.4, 0.5) is 11.6 Å². The van der Waals surface area contributed by atoms with Gasteiger partial charge < -0.3 is 31.7 Å². The number of fused-ring (bicyclic) bond motifs is 1. The molecule has 0 saturated carbocycles. The first-order valence-corrected chi connectivity index (χ1v) is 12.4. The molecule has 3 aromatic rings. The first kappa shape index (κ1) is 27.9. The molecule has 0 aliphatic rings. The Morgan fingerprint density at radius 3 is 2.62 bits per heavy atom. The number of carbonyl (C=O) groups is 2. The fraction of sp³-hybridized carbons (Fsp3) is 0.458. The van der Waals surface area contributed by atoms with Gasteiger partial charge in [-0.3, -0.25) is 9.59 Å². The van der Waals surface area contributed by atoms with Gasteiger partial charge in [0.2, 0.25) is 5.91 Å². The molecule has 200 valence electrons. The number of nitrogen functional groups attached to an aromatic ring is 2. The van der Waals surface area contributed by atoms with Gasteiger partial charge in [-0.05, 0) is 39.6 Å². The minimum Gasteiger partial charge on any atom is -0.497 e. The zero-order valence-electron chi connectivity index (χ0n) is 21.7. The molecule has 12 nitrogen and oxygen atoms in total. The van der Waals surface area contributed by atoms with Crippen LogP contribution in [0.1, 0.15) is 36.1 Å². The fourth-order valence-electron chi connectivity index (χ4n) is 4.05. The summed E-state index contributed by atoms with van der Waals surface area (Å²) in [5.41, 5.74) is 13.3. The Hall–Kier alpha value is -3.64. The van der Waals surface area contributed by atoms with Crippen LogP contribution in [0.2, 0.25) is 5.15 Å². The highest BCUT2D eigenvalue weighted by molar-refractivity contribution is 6.31. The van der Waals surface area contributed by atoms with E-state index in [-0.39, 0.29) is 34.9 Å². The molecule has 0 spiro atoms. The number of hydrogen-bond acceptors (Lipinski definition) is 8. The first-order valence-electron chi connectivity index (χ1n) is 12.0. The minimum absolute atomic E-state index is 0.00693. The summed E-state index contributed by atoms with van der Waals surface area (Å²) in [5.74, 6) is 0.909. The number of ether oxygens (including phenoxy) is 1. The molecular formula is C24H35ClN9O3+. The van der Waals surface area contributed by atoms with Crippen LogP contribution in [0.3, 0.4) is 0 Å². The molecule has 0 radical (unpaired) electrons. The lowest BCUT2D eigenvalue weighted by atomic mass is 10.2. The SMILES string of the molecule is CCn1c(CNC(=O)c2nc(Cl)c(N)nc2N)[n+](CCCC(=O)NCCN(C)C)c2ccc(OC)cc21. The molecular weight excluding hydrogens is 498 g/mol. The minimum atomic E-state index is -0.524. The van der Waals surface area contributed by atoms with E-state index in [0.717, 1.165) is 29.2 Å². The second-order valence-corrected chi connectivity index (χ2v) is 9.10. The maximum Gasteiger partial charge on any atom is 0.277 e. The standard InChI is InChI=1S/C24H34ClN9O3/c1-5-33-17-13-15(37-4)8-9-16(17)34(11-6-7-18(35)28-10-12-32(2)3)19(33)14-29-24(36)20-22(26)31-23(27)21(25)30-20/h8-9,13H,5-7,10-12,14H2,1-4H3,(H5-,26,27,28,29,31,35,36)/p+1. The van der Waals surface area contributed by atoms with Gasteiger partial charge >= 0.3 is 0 Å². The van der Waals surface area contributed by atoms with Crippen LogP contribution in [-0.4, -0.2) is 65.5 Å². The quantitative estimate of drug-likeness (QED) is 0.251. The normalized spacial score (nSPS) is 11.2. The number of nitrogens with zero attached hydrogens (tertiary/aromatic N) is 5. The van der Waals surface area contributed by atoms with Crippen molar-refractivity contribution in [3.05, 3.63) is 34.9 Å². The van der Waals surface area contributed by atoms with Crippen LogP contribution in [-0.2, 0) is 24.4 Å². The van der Waals surface area contributed by atoms with Crippen molar-refractivity contribution in [3.8, 4) is 5.75 Å². The van der Waals surface area contributed by atoms with E-state index in [9.17, 15) is 9.59 Å². The van der Waals surface area contributed by atoms with E-state index in [0.29, 0.717) is 32.5 Å². The third-order valence-corrected chi connectivity index (χ3v) is 6.18. The van der Waals surface area contributed by atoms with Gasteiger partial charge in [-0.25, -0.2) is 19.1 Å². The Morgan fingerprint density at radius 1 is 1.19 bits per heavy atom. The fourth-order valence-corrected chi connectivity index (χ4v) is 4.18. The van der Waals surface area contributed by atoms with Crippen LogP contribution < -0.4 is 31.4 Å². The van der Waals surface area contributed by atoms with Crippen molar-refractivity contribution in [2.24, 2.45) is 0 Å². The molecule has 13 heteroatoms. The predicted molar refractivity (Wildman–Crippen MR) is 142 cm³/mol. The first-order chi connectivity index (χ1) is 17.7. The van der Waals surface area contributed by atoms with Crippen molar-refractivity contribution in [1.82, 2.24) is 30.1 Å². The number of likely N-dealkylation sites (N-methyl/N-ethyl adjacent to an activating group) is 1. The Morgan fingerprint density at radius 2 is 1.95 bits per heavy atom. The zero-order chi connectivity index (χ0) is 27.1. The number of nitrogens with two attached hydrogens (primary N) is 2. The van der Waals surface area contributed by atoms with Gasteiger partial charge in [0.05, 0.1) is 20.2 Å². The number of aromatic nitrogens is 4. The van der Waals surface area contributed by atoms with Crippen molar-refractivity contribution in [1.29, 1.82) is 0 Å². The molecule has 2 heterocycles. The highest BCUT2D eigenvalue weighted by Gasteiger charge is 2.26. The van der Waals surface area contributed by atoms with Gasteiger partial charge in [-0.2, -0.15) is 0 Å². The smallest absolute Gasteiger partial charge is 0.277 e. The lowest BCUT2D eigenvalue weighted by molar-refractivity contribution is -0.680. The van der Waals surface area contributed by atoms with Crippen LogP contribution in [0.25, 0.3) is 11.0 Å². The number of aryl methyl sites for hydroxylation is 2. The molecule has 0 bridgehead atoms. The maximum atomic E-state index is 12.9. The van der Waals surface area contributed by atoms with Gasteiger partial charge in [-0.1, -0.05) is 11.6 Å². The molecule has 0 fully saturated rings. The van der Waals surface area contributed by atoms with E-state index < -0.39 is 5.91 Å². The average Bonchev–Trinajstić information content (AvgIpc) is 3.16. The molecule has 2 aromatic heterocycles. The predicted octanol–water partition coefficient (Wildman–Crippen LogP) is 0.953. The molecule has 2 amide bonds. The van der Waals surface area contributed by atoms with Crippen molar-refractivity contribution >= 4 is 46.1 Å². The van der Waals surface area contributed by atoms with E-state index in [1.807, 2.05) is 44.1 Å². The highest BCUT2D eigenvalue weighted by atomic mass is 35.5. The number of nitrogens with one attached hydrogen (secondary N) is 2. The zero-order valence-corrected chi connectivity index (χ0v) is 22.4. The van der Waals surface area contributed by atoms with Crippen LogP contribution in [0.5, 0.6) is 5.75 Å². The summed E-state index contributed by atoms with van der Waals surface area (Å²) < 4.78 is 9.63. The lowest BCUT2D eigenvalue weighted by Gasteiger charge is -2.10. The molecule has 1 aromatic carbocycles. The average molecular weight is 533 g/mol. The molecule has 37 heavy (non-hydrogen) atoms. The Kier molecular flexibility index (Phi) is 9.48. The number of anilines is 2. The van der Waals surface area contributed by atoms with Gasteiger partial charge in [-0.15, -0.1) is 0 Å². The molecule has 0 aliphatic heterocycles. The van der Waals surface area contributed by atoms with Crippen molar-refractivity contribution in [2.75, 3.05) is 45.8 Å².